The molecule has 0 bridgehead atoms. The van der Waals surface area contributed by atoms with Crippen LogP contribution in [-0.2, 0) is 19.2 Å². The maximum atomic E-state index is 12.7. The van der Waals surface area contributed by atoms with Crippen molar-refractivity contribution in [2.45, 2.75) is 32.1 Å². The van der Waals surface area contributed by atoms with Crippen molar-refractivity contribution in [1.82, 2.24) is 4.90 Å². The van der Waals surface area contributed by atoms with Crippen LogP contribution in [0.3, 0.4) is 0 Å². The fourth-order valence-electron chi connectivity index (χ4n) is 4.25. The Hall–Kier alpha value is -2.70. The van der Waals surface area contributed by atoms with Crippen LogP contribution in [0.4, 0.5) is 11.4 Å². The molecule has 7 heteroatoms. The lowest BCUT2D eigenvalue weighted by Gasteiger charge is -2.29. The lowest BCUT2D eigenvalue weighted by Crippen LogP contribution is -2.43. The molecule has 3 aliphatic rings. The zero-order valence-electron chi connectivity index (χ0n) is 14.4. The predicted octanol–water partition coefficient (Wildman–Crippen LogP) is 1.54. The minimum absolute atomic E-state index is 0.0263. The molecule has 2 fully saturated rings. The highest BCUT2D eigenvalue weighted by Crippen LogP contribution is 2.38. The first-order valence-corrected chi connectivity index (χ1v) is 9.11. The largest absolute Gasteiger partial charge is 0.323 e. The number of carbonyl (C=O) groups is 4. The molecule has 4 rings (SSSR count). The Morgan fingerprint density at radius 2 is 1.69 bits per heavy atom. The molecule has 2 aliphatic heterocycles. The first-order valence-electron chi connectivity index (χ1n) is 9.11. The zero-order chi connectivity index (χ0) is 18.3. The topological polar surface area (TPSA) is 86.8 Å². The maximum Gasteiger partial charge on any atom is 0.244 e. The Kier molecular flexibility index (Phi) is 4.22. The average molecular weight is 355 g/mol. The summed E-state index contributed by atoms with van der Waals surface area (Å²) in [5.41, 5.74) is 1.24. The number of carbonyl (C=O) groups excluding carboxylic acids is 4. The summed E-state index contributed by atoms with van der Waals surface area (Å²) in [6, 6.07) is 7.10. The van der Waals surface area contributed by atoms with E-state index in [1.54, 1.807) is 24.3 Å². The van der Waals surface area contributed by atoms with Crippen molar-refractivity contribution in [2.24, 2.45) is 11.8 Å². The number of anilines is 2. The number of amides is 4. The zero-order valence-corrected chi connectivity index (χ0v) is 14.4. The van der Waals surface area contributed by atoms with Crippen molar-refractivity contribution in [2.75, 3.05) is 23.3 Å². The van der Waals surface area contributed by atoms with Crippen LogP contribution in [-0.4, -0.2) is 41.6 Å². The van der Waals surface area contributed by atoms with E-state index in [9.17, 15) is 19.2 Å². The number of nitrogens with zero attached hydrogens (tertiary/aromatic N) is 2. The highest BCUT2D eigenvalue weighted by molar-refractivity contribution is 6.10. The van der Waals surface area contributed by atoms with Crippen LogP contribution in [0.25, 0.3) is 0 Å². The van der Waals surface area contributed by atoms with Gasteiger partial charge in [0.05, 0.1) is 23.2 Å². The van der Waals surface area contributed by atoms with Gasteiger partial charge in [0.1, 0.15) is 6.54 Å². The van der Waals surface area contributed by atoms with Gasteiger partial charge in [-0.05, 0) is 25.0 Å². The minimum Gasteiger partial charge on any atom is -0.323 e. The molecule has 26 heavy (non-hydrogen) atoms. The van der Waals surface area contributed by atoms with E-state index in [4.69, 9.17) is 0 Å². The monoisotopic (exact) mass is 355 g/mol. The lowest BCUT2D eigenvalue weighted by molar-refractivity contribution is -0.140. The summed E-state index contributed by atoms with van der Waals surface area (Å²) in [4.78, 5) is 52.2. The van der Waals surface area contributed by atoms with Gasteiger partial charge in [0.2, 0.25) is 23.6 Å². The summed E-state index contributed by atoms with van der Waals surface area (Å²) in [6.45, 7) is 0.0345. The molecule has 2 atom stereocenters. The van der Waals surface area contributed by atoms with Crippen molar-refractivity contribution >= 4 is 35.0 Å². The van der Waals surface area contributed by atoms with E-state index in [1.807, 2.05) is 0 Å². The van der Waals surface area contributed by atoms with Crippen molar-refractivity contribution in [3.63, 3.8) is 0 Å². The first-order chi connectivity index (χ1) is 12.6. The van der Waals surface area contributed by atoms with Crippen LogP contribution >= 0.6 is 0 Å². The molecule has 1 saturated heterocycles. The van der Waals surface area contributed by atoms with Gasteiger partial charge in [0.15, 0.2) is 0 Å². The van der Waals surface area contributed by atoms with Crippen molar-refractivity contribution < 1.29 is 19.2 Å². The number of nitrogens with one attached hydrogen (secondary N) is 1. The molecule has 136 valence electrons. The second kappa shape index (κ2) is 6.55. The van der Waals surface area contributed by atoms with E-state index in [0.29, 0.717) is 11.4 Å². The number of hydrogen-bond donors (Lipinski definition) is 1. The predicted molar refractivity (Wildman–Crippen MR) is 94.2 cm³/mol. The number of likely N-dealkylation sites (tertiary alicyclic amines) is 1. The van der Waals surface area contributed by atoms with Gasteiger partial charge in [-0.2, -0.15) is 0 Å². The lowest BCUT2D eigenvalue weighted by atomic mass is 9.81. The van der Waals surface area contributed by atoms with Gasteiger partial charge in [0.25, 0.3) is 0 Å². The molecule has 1 saturated carbocycles. The van der Waals surface area contributed by atoms with Crippen molar-refractivity contribution in [3.8, 4) is 0 Å². The molecule has 1 aromatic rings. The molecule has 2 unspecified atom stereocenters. The Morgan fingerprint density at radius 1 is 1.04 bits per heavy atom. The van der Waals surface area contributed by atoms with E-state index < -0.39 is 0 Å². The Labute approximate surface area is 151 Å². The van der Waals surface area contributed by atoms with E-state index in [1.165, 1.54) is 9.80 Å². The summed E-state index contributed by atoms with van der Waals surface area (Å²) in [5, 5.41) is 2.74. The van der Waals surface area contributed by atoms with Crippen LogP contribution in [0.2, 0.25) is 0 Å². The normalized spacial score (nSPS) is 25.0. The summed E-state index contributed by atoms with van der Waals surface area (Å²) >= 11 is 0. The van der Waals surface area contributed by atoms with E-state index in [-0.39, 0.29) is 55.0 Å². The van der Waals surface area contributed by atoms with Gasteiger partial charge >= 0.3 is 0 Å². The van der Waals surface area contributed by atoms with Gasteiger partial charge in [0, 0.05) is 13.0 Å². The fourth-order valence-corrected chi connectivity index (χ4v) is 4.25. The fraction of sp³-hybridized carbons (Fsp3) is 0.474. The molecule has 4 amide bonds. The Bertz CT molecular complexity index is 767. The molecule has 1 N–H and O–H groups in total. The average Bonchev–Trinajstić information content (AvgIpc) is 2.90. The summed E-state index contributed by atoms with van der Waals surface area (Å²) < 4.78 is 0. The molecular formula is C19H21N3O4. The third-order valence-corrected chi connectivity index (χ3v) is 5.55. The highest BCUT2D eigenvalue weighted by atomic mass is 16.2. The van der Waals surface area contributed by atoms with Gasteiger partial charge in [-0.25, -0.2) is 0 Å². The highest BCUT2D eigenvalue weighted by Gasteiger charge is 2.48. The van der Waals surface area contributed by atoms with Gasteiger partial charge < -0.3 is 10.2 Å². The third kappa shape index (κ3) is 2.77. The van der Waals surface area contributed by atoms with Crippen LogP contribution in [0.1, 0.15) is 32.1 Å². The number of imide groups is 1. The van der Waals surface area contributed by atoms with Crippen LogP contribution < -0.4 is 10.2 Å². The summed E-state index contributed by atoms with van der Waals surface area (Å²) in [6.07, 6.45) is 3.51. The smallest absolute Gasteiger partial charge is 0.244 e. The SMILES string of the molecule is O=C1CN(C(=O)CCN2C(=O)C3CCCCC3C2=O)c2ccccc2N1. The summed E-state index contributed by atoms with van der Waals surface area (Å²) in [7, 11) is 0. The molecule has 0 spiro atoms. The maximum absolute atomic E-state index is 12.7. The first kappa shape index (κ1) is 16.8. The third-order valence-electron chi connectivity index (χ3n) is 5.55. The molecule has 2 heterocycles. The van der Waals surface area contributed by atoms with E-state index in [2.05, 4.69) is 5.32 Å². The number of rotatable bonds is 3. The molecular weight excluding hydrogens is 334 g/mol. The number of fused-ring (bicyclic) bond motifs is 2. The standard InChI is InChI=1S/C19H21N3O4/c23-16-11-22(15-8-4-3-7-14(15)20-16)17(24)9-10-21-18(25)12-5-1-2-6-13(12)19(21)26/h3-4,7-8,12-13H,1-2,5-6,9-11H2,(H,20,23). The second-order valence-corrected chi connectivity index (χ2v) is 7.12. The second-order valence-electron chi connectivity index (χ2n) is 7.12. The van der Waals surface area contributed by atoms with E-state index in [0.717, 1.165) is 25.7 Å². The Balaban J connectivity index is 1.45. The molecule has 7 nitrogen and oxygen atoms in total. The number of para-hydroxylation sites is 2. The van der Waals surface area contributed by atoms with Gasteiger partial charge in [-0.15, -0.1) is 0 Å². The van der Waals surface area contributed by atoms with Crippen molar-refractivity contribution in [1.29, 1.82) is 0 Å². The number of benzene rings is 1. The molecule has 0 radical (unpaired) electrons. The summed E-state index contributed by atoms with van der Waals surface area (Å²) in [5.74, 6) is -1.19. The van der Waals surface area contributed by atoms with Gasteiger partial charge in [-0.3, -0.25) is 24.1 Å². The number of hydrogen-bond acceptors (Lipinski definition) is 4. The van der Waals surface area contributed by atoms with Crippen LogP contribution in [0.15, 0.2) is 24.3 Å². The molecule has 1 aliphatic carbocycles. The molecule has 0 aromatic heterocycles. The quantitative estimate of drug-likeness (QED) is 0.833. The minimum atomic E-state index is -0.261. The van der Waals surface area contributed by atoms with Crippen LogP contribution in [0.5, 0.6) is 0 Å². The molecule has 1 aromatic carbocycles. The van der Waals surface area contributed by atoms with Crippen LogP contribution in [0, 0.1) is 11.8 Å². The Morgan fingerprint density at radius 3 is 2.38 bits per heavy atom. The van der Waals surface area contributed by atoms with E-state index >= 15 is 0 Å². The van der Waals surface area contributed by atoms with Gasteiger partial charge in [-0.1, -0.05) is 25.0 Å². The van der Waals surface area contributed by atoms with Crippen molar-refractivity contribution in [3.05, 3.63) is 24.3 Å².